The van der Waals surface area contributed by atoms with Gasteiger partial charge in [0.1, 0.15) is 11.1 Å². The van der Waals surface area contributed by atoms with Gasteiger partial charge in [-0.2, -0.15) is 5.26 Å². The van der Waals surface area contributed by atoms with E-state index in [1.54, 1.807) is 11.8 Å². The maximum atomic E-state index is 9.44. The first-order valence-electron chi connectivity index (χ1n) is 7.22. The predicted molar refractivity (Wildman–Crippen MR) is 76.9 cm³/mol. The summed E-state index contributed by atoms with van der Waals surface area (Å²) in [5.74, 6) is 1.47. The maximum Gasteiger partial charge on any atom is 0.192 e. The Balaban J connectivity index is 2.07. The lowest BCUT2D eigenvalue weighted by atomic mass is 9.87. The molecule has 0 unspecified atom stereocenters. The lowest BCUT2D eigenvalue weighted by Crippen LogP contribution is -2.19. The van der Waals surface area contributed by atoms with E-state index in [0.29, 0.717) is 5.92 Å². The van der Waals surface area contributed by atoms with Crippen LogP contribution in [0.15, 0.2) is 5.16 Å². The molecule has 1 saturated carbocycles. The summed E-state index contributed by atoms with van der Waals surface area (Å²) in [4.78, 5) is 0. The summed E-state index contributed by atoms with van der Waals surface area (Å²) in [6.07, 6.45) is 7.30. The molecule has 0 saturated heterocycles. The second-order valence-electron chi connectivity index (χ2n) is 5.25. The van der Waals surface area contributed by atoms with Crippen molar-refractivity contribution in [3.63, 3.8) is 0 Å². The van der Waals surface area contributed by atoms with Gasteiger partial charge in [0.15, 0.2) is 5.16 Å². The smallest absolute Gasteiger partial charge is 0.192 e. The first-order chi connectivity index (χ1) is 9.26. The zero-order valence-corrected chi connectivity index (χ0v) is 12.6. The van der Waals surface area contributed by atoms with Gasteiger partial charge < -0.3 is 4.57 Å². The number of nitriles is 1. The zero-order chi connectivity index (χ0) is 13.7. The monoisotopic (exact) mass is 278 g/mol. The molecule has 1 aliphatic rings. The Morgan fingerprint density at radius 1 is 1.37 bits per heavy atom. The topological polar surface area (TPSA) is 54.5 Å². The minimum atomic E-state index is 0.0273. The van der Waals surface area contributed by atoms with E-state index >= 15 is 0 Å². The number of thioether (sulfide) groups is 1. The Labute approximate surface area is 119 Å². The molecule has 0 amide bonds. The second kappa shape index (κ2) is 6.95. The number of nitrogens with zero attached hydrogens (tertiary/aromatic N) is 4. The third kappa shape index (κ3) is 3.50. The van der Waals surface area contributed by atoms with E-state index in [-0.39, 0.29) is 5.25 Å². The standard InChI is InChI=1S/C14H22N4S/c1-3-9-18-11(2)16-17-14(18)19-13(10-15)12-7-5-4-6-8-12/h12-13H,3-9H2,1-2H3/t13-/m0/s1. The predicted octanol–water partition coefficient (Wildman–Crippen LogP) is 3.56. The average Bonchev–Trinajstić information content (AvgIpc) is 2.79. The van der Waals surface area contributed by atoms with Crippen LogP contribution in [0, 0.1) is 24.2 Å². The van der Waals surface area contributed by atoms with Gasteiger partial charge in [-0.05, 0) is 32.1 Å². The molecule has 1 aliphatic carbocycles. The van der Waals surface area contributed by atoms with Gasteiger partial charge in [-0.15, -0.1) is 10.2 Å². The summed E-state index contributed by atoms with van der Waals surface area (Å²) in [5, 5.41) is 18.8. The molecule has 0 aromatic carbocycles. The van der Waals surface area contributed by atoms with Crippen LogP contribution in [0.25, 0.3) is 0 Å². The van der Waals surface area contributed by atoms with Crippen molar-refractivity contribution in [2.75, 3.05) is 0 Å². The van der Waals surface area contributed by atoms with Gasteiger partial charge in [-0.3, -0.25) is 0 Å². The molecular formula is C14H22N4S. The van der Waals surface area contributed by atoms with Gasteiger partial charge in [0.25, 0.3) is 0 Å². The summed E-state index contributed by atoms with van der Waals surface area (Å²) >= 11 is 1.61. The zero-order valence-electron chi connectivity index (χ0n) is 11.8. The minimum Gasteiger partial charge on any atom is -0.306 e. The van der Waals surface area contributed by atoms with Crippen LogP contribution in [0.5, 0.6) is 0 Å². The van der Waals surface area contributed by atoms with Gasteiger partial charge in [-0.1, -0.05) is 37.9 Å². The van der Waals surface area contributed by atoms with Gasteiger partial charge >= 0.3 is 0 Å². The first kappa shape index (κ1) is 14.4. The maximum absolute atomic E-state index is 9.44. The molecule has 4 nitrogen and oxygen atoms in total. The number of rotatable bonds is 5. The molecule has 5 heteroatoms. The van der Waals surface area contributed by atoms with Gasteiger partial charge in [0.2, 0.25) is 0 Å². The molecule has 0 aliphatic heterocycles. The number of aromatic nitrogens is 3. The van der Waals surface area contributed by atoms with E-state index in [2.05, 4.69) is 27.8 Å². The Morgan fingerprint density at radius 3 is 2.74 bits per heavy atom. The summed E-state index contributed by atoms with van der Waals surface area (Å²) in [7, 11) is 0. The summed E-state index contributed by atoms with van der Waals surface area (Å²) < 4.78 is 2.14. The highest BCUT2D eigenvalue weighted by molar-refractivity contribution is 8.00. The fraction of sp³-hybridized carbons (Fsp3) is 0.786. The second-order valence-corrected chi connectivity index (χ2v) is 6.36. The Bertz CT molecular complexity index is 443. The van der Waals surface area contributed by atoms with Gasteiger partial charge in [-0.25, -0.2) is 0 Å². The Morgan fingerprint density at radius 2 is 2.11 bits per heavy atom. The van der Waals surface area contributed by atoms with Gasteiger partial charge in [0, 0.05) is 6.54 Å². The normalized spacial score (nSPS) is 18.2. The number of aryl methyl sites for hydroxylation is 1. The molecular weight excluding hydrogens is 256 g/mol. The van der Waals surface area contributed by atoms with Crippen molar-refractivity contribution < 1.29 is 0 Å². The van der Waals surface area contributed by atoms with E-state index in [1.807, 2.05) is 6.92 Å². The number of hydrogen-bond acceptors (Lipinski definition) is 4. The molecule has 1 atom stereocenters. The highest BCUT2D eigenvalue weighted by atomic mass is 32.2. The van der Waals surface area contributed by atoms with E-state index in [9.17, 15) is 5.26 Å². The highest BCUT2D eigenvalue weighted by Gasteiger charge is 2.26. The third-order valence-corrected chi connectivity index (χ3v) is 5.04. The fourth-order valence-electron chi connectivity index (χ4n) is 2.71. The van der Waals surface area contributed by atoms with Crippen LogP contribution >= 0.6 is 11.8 Å². The Hall–Kier alpha value is -1.02. The molecule has 0 N–H and O–H groups in total. The van der Waals surface area contributed by atoms with Crippen LogP contribution in [0.1, 0.15) is 51.3 Å². The first-order valence-corrected chi connectivity index (χ1v) is 8.10. The Kier molecular flexibility index (Phi) is 5.26. The molecule has 19 heavy (non-hydrogen) atoms. The van der Waals surface area contributed by atoms with Crippen molar-refractivity contribution in [3.8, 4) is 6.07 Å². The molecule has 1 fully saturated rings. The SMILES string of the molecule is CCCn1c(C)nnc1S[C@@H](C#N)C1CCCCC1. The lowest BCUT2D eigenvalue weighted by molar-refractivity contribution is 0.369. The van der Waals surface area contributed by atoms with E-state index in [0.717, 1.165) is 23.9 Å². The third-order valence-electron chi connectivity index (χ3n) is 3.79. The molecule has 0 bridgehead atoms. The summed E-state index contributed by atoms with van der Waals surface area (Å²) in [6, 6.07) is 2.48. The molecule has 104 valence electrons. The summed E-state index contributed by atoms with van der Waals surface area (Å²) in [6.45, 7) is 5.06. The van der Waals surface area contributed by atoms with E-state index < -0.39 is 0 Å². The van der Waals surface area contributed by atoms with E-state index in [4.69, 9.17) is 0 Å². The van der Waals surface area contributed by atoms with Crippen LogP contribution in [0.4, 0.5) is 0 Å². The van der Waals surface area contributed by atoms with Crippen LogP contribution in [-0.4, -0.2) is 20.0 Å². The van der Waals surface area contributed by atoms with Crippen molar-refractivity contribution in [2.45, 2.75) is 69.3 Å². The quantitative estimate of drug-likeness (QED) is 0.773. The van der Waals surface area contributed by atoms with Crippen molar-refractivity contribution in [3.05, 3.63) is 5.82 Å². The van der Waals surface area contributed by atoms with Crippen molar-refractivity contribution in [2.24, 2.45) is 5.92 Å². The largest absolute Gasteiger partial charge is 0.306 e. The molecule has 1 aromatic heterocycles. The molecule has 2 rings (SSSR count). The van der Waals surface area contributed by atoms with Crippen molar-refractivity contribution >= 4 is 11.8 Å². The molecule has 0 spiro atoms. The van der Waals surface area contributed by atoms with E-state index in [1.165, 1.54) is 32.1 Å². The van der Waals surface area contributed by atoms with Crippen LogP contribution < -0.4 is 0 Å². The number of hydrogen-bond donors (Lipinski definition) is 0. The molecule has 1 aromatic rings. The molecule has 0 radical (unpaired) electrons. The molecule has 1 heterocycles. The minimum absolute atomic E-state index is 0.0273. The van der Waals surface area contributed by atoms with Crippen LogP contribution in [-0.2, 0) is 6.54 Å². The van der Waals surface area contributed by atoms with Crippen molar-refractivity contribution in [1.29, 1.82) is 5.26 Å². The highest BCUT2D eigenvalue weighted by Crippen LogP contribution is 2.35. The average molecular weight is 278 g/mol. The lowest BCUT2D eigenvalue weighted by Gasteiger charge is -2.25. The fourth-order valence-corrected chi connectivity index (χ4v) is 3.89. The van der Waals surface area contributed by atoms with Crippen LogP contribution in [0.2, 0.25) is 0 Å². The van der Waals surface area contributed by atoms with Crippen LogP contribution in [0.3, 0.4) is 0 Å². The van der Waals surface area contributed by atoms with Gasteiger partial charge in [0.05, 0.1) is 6.07 Å². The van der Waals surface area contributed by atoms with Crippen molar-refractivity contribution in [1.82, 2.24) is 14.8 Å². The summed E-state index contributed by atoms with van der Waals surface area (Å²) in [5.41, 5.74) is 0.